The Balaban J connectivity index is 2.78. The molecule has 4 heteroatoms. The fraction of sp³-hybridized carbons (Fsp3) is 0.417. The Labute approximate surface area is 104 Å². The summed E-state index contributed by atoms with van der Waals surface area (Å²) in [6, 6.07) is 8.09. The highest BCUT2D eigenvalue weighted by atomic mass is 79.9. The Bertz CT molecular complexity index is 351. The molecule has 1 N–H and O–H groups in total. The van der Waals surface area contributed by atoms with Gasteiger partial charge in [0.1, 0.15) is 0 Å². The van der Waals surface area contributed by atoms with E-state index >= 15 is 0 Å². The molecule has 16 heavy (non-hydrogen) atoms. The average molecular weight is 286 g/mol. The van der Waals surface area contributed by atoms with Crippen molar-refractivity contribution in [1.82, 2.24) is 4.90 Å². The number of rotatable bonds is 5. The van der Waals surface area contributed by atoms with E-state index in [0.717, 1.165) is 16.6 Å². The minimum atomic E-state index is -0.786. The van der Waals surface area contributed by atoms with E-state index < -0.39 is 5.97 Å². The van der Waals surface area contributed by atoms with Gasteiger partial charge in [0.15, 0.2) is 0 Å². The minimum Gasteiger partial charge on any atom is -0.480 e. The lowest BCUT2D eigenvalue weighted by molar-refractivity contribution is -0.138. The van der Waals surface area contributed by atoms with E-state index in [2.05, 4.69) is 15.9 Å². The Hall–Kier alpha value is -0.870. The van der Waals surface area contributed by atoms with Crippen LogP contribution in [-0.4, -0.2) is 29.1 Å². The highest BCUT2D eigenvalue weighted by molar-refractivity contribution is 9.10. The molecule has 0 aliphatic carbocycles. The maximum absolute atomic E-state index is 10.7. The maximum atomic E-state index is 10.7. The summed E-state index contributed by atoms with van der Waals surface area (Å²) in [6.07, 6.45) is 0. The molecule has 1 unspecified atom stereocenters. The van der Waals surface area contributed by atoms with Crippen LogP contribution in [-0.2, 0) is 4.79 Å². The zero-order valence-corrected chi connectivity index (χ0v) is 11.1. The van der Waals surface area contributed by atoms with Crippen molar-refractivity contribution in [1.29, 1.82) is 0 Å². The summed E-state index contributed by atoms with van der Waals surface area (Å²) in [7, 11) is 0. The lowest BCUT2D eigenvalue weighted by Gasteiger charge is -2.26. The molecule has 0 saturated carbocycles. The van der Waals surface area contributed by atoms with E-state index in [1.54, 1.807) is 0 Å². The Morgan fingerprint density at radius 2 is 2.00 bits per heavy atom. The summed E-state index contributed by atoms with van der Waals surface area (Å²) >= 11 is 3.38. The molecule has 0 heterocycles. The van der Waals surface area contributed by atoms with Crippen molar-refractivity contribution in [2.45, 2.75) is 19.9 Å². The van der Waals surface area contributed by atoms with Crippen LogP contribution in [0.5, 0.6) is 0 Å². The largest absolute Gasteiger partial charge is 0.480 e. The Morgan fingerprint density at radius 3 is 2.44 bits per heavy atom. The molecule has 1 rings (SSSR count). The second-order valence-electron chi connectivity index (χ2n) is 3.68. The van der Waals surface area contributed by atoms with Crippen LogP contribution in [0.3, 0.4) is 0 Å². The van der Waals surface area contributed by atoms with Crippen LogP contribution in [0, 0.1) is 0 Å². The molecule has 0 aliphatic heterocycles. The molecule has 3 nitrogen and oxygen atoms in total. The first-order valence-corrected chi connectivity index (χ1v) is 6.05. The first kappa shape index (κ1) is 13.2. The van der Waals surface area contributed by atoms with E-state index in [1.807, 2.05) is 43.0 Å². The van der Waals surface area contributed by atoms with Crippen molar-refractivity contribution < 1.29 is 9.90 Å². The van der Waals surface area contributed by atoms with Gasteiger partial charge in [0, 0.05) is 10.5 Å². The van der Waals surface area contributed by atoms with Crippen LogP contribution in [0.25, 0.3) is 0 Å². The smallest absolute Gasteiger partial charge is 0.317 e. The van der Waals surface area contributed by atoms with E-state index in [1.165, 1.54) is 0 Å². The molecule has 0 aliphatic rings. The fourth-order valence-corrected chi connectivity index (χ4v) is 1.91. The second kappa shape index (κ2) is 6.01. The first-order valence-electron chi connectivity index (χ1n) is 5.26. The van der Waals surface area contributed by atoms with Crippen molar-refractivity contribution in [3.05, 3.63) is 34.3 Å². The molecule has 0 bridgehead atoms. The van der Waals surface area contributed by atoms with Gasteiger partial charge in [-0.2, -0.15) is 0 Å². The van der Waals surface area contributed by atoms with E-state index in [0.29, 0.717) is 0 Å². The fourth-order valence-electron chi connectivity index (χ4n) is 1.65. The third-order valence-electron chi connectivity index (χ3n) is 2.64. The van der Waals surface area contributed by atoms with E-state index in [-0.39, 0.29) is 12.6 Å². The molecule has 0 fully saturated rings. The number of carbonyl (C=O) groups is 1. The van der Waals surface area contributed by atoms with Crippen molar-refractivity contribution in [2.75, 3.05) is 13.1 Å². The number of halogens is 1. The summed E-state index contributed by atoms with van der Waals surface area (Å²) < 4.78 is 1.03. The third-order valence-corrected chi connectivity index (χ3v) is 3.17. The van der Waals surface area contributed by atoms with Crippen LogP contribution in [0.1, 0.15) is 25.5 Å². The number of nitrogens with zero attached hydrogens (tertiary/aromatic N) is 1. The van der Waals surface area contributed by atoms with Gasteiger partial charge in [0.25, 0.3) is 0 Å². The lowest BCUT2D eigenvalue weighted by atomic mass is 10.1. The number of hydrogen-bond donors (Lipinski definition) is 1. The maximum Gasteiger partial charge on any atom is 0.317 e. The van der Waals surface area contributed by atoms with Gasteiger partial charge in [-0.05, 0) is 31.2 Å². The third kappa shape index (κ3) is 3.61. The molecule has 0 amide bonds. The first-order chi connectivity index (χ1) is 7.54. The predicted octanol–water partition coefficient (Wildman–Crippen LogP) is 2.92. The molecule has 88 valence electrons. The second-order valence-corrected chi connectivity index (χ2v) is 4.60. The zero-order valence-electron chi connectivity index (χ0n) is 9.48. The van der Waals surface area contributed by atoms with Gasteiger partial charge in [0.2, 0.25) is 0 Å². The topological polar surface area (TPSA) is 40.5 Å². The monoisotopic (exact) mass is 285 g/mol. The zero-order chi connectivity index (χ0) is 12.1. The van der Waals surface area contributed by atoms with Crippen LogP contribution in [0.15, 0.2) is 28.7 Å². The summed E-state index contributed by atoms with van der Waals surface area (Å²) in [5.41, 5.74) is 1.13. The average Bonchev–Trinajstić information content (AvgIpc) is 2.25. The highest BCUT2D eigenvalue weighted by Crippen LogP contribution is 2.21. The summed E-state index contributed by atoms with van der Waals surface area (Å²) in [6.45, 7) is 4.80. The molecule has 0 saturated heterocycles. The molecule has 1 aromatic rings. The normalized spacial score (nSPS) is 12.8. The Kier molecular flexibility index (Phi) is 4.96. The SMILES string of the molecule is CCN(CC(=O)O)C(C)c1ccc(Br)cc1. The van der Waals surface area contributed by atoms with Gasteiger partial charge in [-0.25, -0.2) is 0 Å². The van der Waals surface area contributed by atoms with Crippen molar-refractivity contribution >= 4 is 21.9 Å². The minimum absolute atomic E-state index is 0.0771. The molecule has 1 atom stereocenters. The predicted molar refractivity (Wildman–Crippen MR) is 67.4 cm³/mol. The van der Waals surface area contributed by atoms with Crippen molar-refractivity contribution in [3.8, 4) is 0 Å². The van der Waals surface area contributed by atoms with Crippen LogP contribution in [0.2, 0.25) is 0 Å². The van der Waals surface area contributed by atoms with Gasteiger partial charge in [-0.3, -0.25) is 9.69 Å². The van der Waals surface area contributed by atoms with Crippen molar-refractivity contribution in [3.63, 3.8) is 0 Å². The number of aliphatic carboxylic acids is 1. The van der Waals surface area contributed by atoms with Gasteiger partial charge >= 0.3 is 5.97 Å². The van der Waals surface area contributed by atoms with Crippen molar-refractivity contribution in [2.24, 2.45) is 0 Å². The molecule has 0 aromatic heterocycles. The standard InChI is InChI=1S/C12H16BrNO2/c1-3-14(8-12(15)16)9(2)10-4-6-11(13)7-5-10/h4-7,9H,3,8H2,1-2H3,(H,15,16). The molecule has 0 spiro atoms. The summed E-state index contributed by atoms with van der Waals surface area (Å²) in [5, 5.41) is 8.81. The van der Waals surface area contributed by atoms with Crippen LogP contribution in [0.4, 0.5) is 0 Å². The van der Waals surface area contributed by atoms with Gasteiger partial charge < -0.3 is 5.11 Å². The van der Waals surface area contributed by atoms with E-state index in [9.17, 15) is 4.79 Å². The quantitative estimate of drug-likeness (QED) is 0.904. The molecular formula is C12H16BrNO2. The number of carboxylic acid groups (broad SMARTS) is 1. The molecule has 1 aromatic carbocycles. The van der Waals surface area contributed by atoms with Crippen LogP contribution < -0.4 is 0 Å². The molecule has 0 radical (unpaired) electrons. The Morgan fingerprint density at radius 1 is 1.44 bits per heavy atom. The van der Waals surface area contributed by atoms with Gasteiger partial charge in [-0.15, -0.1) is 0 Å². The summed E-state index contributed by atoms with van der Waals surface area (Å²) in [4.78, 5) is 12.6. The lowest BCUT2D eigenvalue weighted by Crippen LogP contribution is -2.32. The highest BCUT2D eigenvalue weighted by Gasteiger charge is 2.16. The number of likely N-dealkylation sites (N-methyl/N-ethyl adjacent to an activating group) is 1. The number of benzene rings is 1. The number of carboxylic acids is 1. The molecular weight excluding hydrogens is 270 g/mol. The number of hydrogen-bond acceptors (Lipinski definition) is 2. The van der Waals surface area contributed by atoms with Crippen LogP contribution >= 0.6 is 15.9 Å². The summed E-state index contributed by atoms with van der Waals surface area (Å²) in [5.74, 6) is -0.786. The van der Waals surface area contributed by atoms with Gasteiger partial charge in [-0.1, -0.05) is 35.0 Å². The van der Waals surface area contributed by atoms with E-state index in [4.69, 9.17) is 5.11 Å². The van der Waals surface area contributed by atoms with Gasteiger partial charge in [0.05, 0.1) is 6.54 Å².